The predicted octanol–water partition coefficient (Wildman–Crippen LogP) is 1.67. The number of aliphatic carboxylic acids is 1. The third-order valence-electron chi connectivity index (χ3n) is 2.54. The summed E-state index contributed by atoms with van der Waals surface area (Å²) in [5, 5.41) is 8.49. The van der Waals surface area contributed by atoms with Crippen LogP contribution in [0.4, 0.5) is 0 Å². The molecule has 95 valence electrons. The van der Waals surface area contributed by atoms with E-state index in [1.165, 1.54) is 0 Å². The minimum atomic E-state index is -1.01. The van der Waals surface area contributed by atoms with E-state index in [0.29, 0.717) is 6.42 Å². The molecule has 2 unspecified atom stereocenters. The first-order valence-electron chi connectivity index (χ1n) is 5.15. The Hall–Kier alpha value is -0.541. The van der Waals surface area contributed by atoms with Crippen LogP contribution in [0, 0.1) is 11.8 Å². The summed E-state index contributed by atoms with van der Waals surface area (Å²) >= 11 is 0. The SMILES string of the molecule is CCC(C)C(=O)CC(=O)C(C)CC(=O)O.[Ir]. The fourth-order valence-corrected chi connectivity index (χ4v) is 1.12. The van der Waals surface area contributed by atoms with E-state index in [1.807, 2.05) is 6.92 Å². The van der Waals surface area contributed by atoms with Crippen LogP contribution >= 0.6 is 0 Å². The molecule has 16 heavy (non-hydrogen) atoms. The number of rotatable bonds is 7. The monoisotopic (exact) mass is 407 g/mol. The fourth-order valence-electron chi connectivity index (χ4n) is 1.12. The van der Waals surface area contributed by atoms with Gasteiger partial charge in [0, 0.05) is 31.9 Å². The predicted molar refractivity (Wildman–Crippen MR) is 55.5 cm³/mol. The van der Waals surface area contributed by atoms with Crippen LogP contribution < -0.4 is 0 Å². The van der Waals surface area contributed by atoms with Gasteiger partial charge in [-0.3, -0.25) is 14.4 Å². The quantitative estimate of drug-likeness (QED) is 0.653. The van der Waals surface area contributed by atoms with Crippen molar-refractivity contribution < 1.29 is 39.6 Å². The molecule has 0 aromatic heterocycles. The van der Waals surface area contributed by atoms with Gasteiger partial charge in [-0.15, -0.1) is 0 Å². The summed E-state index contributed by atoms with van der Waals surface area (Å²) in [6.07, 6.45) is 0.371. The van der Waals surface area contributed by atoms with E-state index in [9.17, 15) is 14.4 Å². The van der Waals surface area contributed by atoms with Crippen molar-refractivity contribution >= 4 is 17.5 Å². The molecule has 0 aliphatic heterocycles. The number of carbonyl (C=O) groups excluding carboxylic acids is 2. The molecule has 1 N–H and O–H groups in total. The zero-order valence-electron chi connectivity index (χ0n) is 9.78. The second-order valence-electron chi connectivity index (χ2n) is 3.92. The van der Waals surface area contributed by atoms with Crippen molar-refractivity contribution in [2.45, 2.75) is 40.0 Å². The van der Waals surface area contributed by atoms with Crippen molar-refractivity contribution in [3.63, 3.8) is 0 Å². The van der Waals surface area contributed by atoms with Crippen LogP contribution in [0.1, 0.15) is 40.0 Å². The zero-order valence-corrected chi connectivity index (χ0v) is 12.2. The van der Waals surface area contributed by atoms with E-state index in [-0.39, 0.29) is 50.4 Å². The molecule has 0 saturated carbocycles. The smallest absolute Gasteiger partial charge is 0.304 e. The van der Waals surface area contributed by atoms with Crippen LogP contribution in [0.3, 0.4) is 0 Å². The first-order valence-corrected chi connectivity index (χ1v) is 5.15. The van der Waals surface area contributed by atoms with Gasteiger partial charge in [-0.2, -0.15) is 0 Å². The largest absolute Gasteiger partial charge is 0.481 e. The van der Waals surface area contributed by atoms with E-state index in [1.54, 1.807) is 13.8 Å². The molecule has 5 heteroatoms. The maximum Gasteiger partial charge on any atom is 0.304 e. The number of carboxylic acid groups (broad SMARTS) is 1. The van der Waals surface area contributed by atoms with Gasteiger partial charge >= 0.3 is 5.97 Å². The Morgan fingerprint density at radius 1 is 1.06 bits per heavy atom. The molecule has 0 heterocycles. The normalized spacial score (nSPS) is 13.4. The molecule has 0 aliphatic carbocycles. The molecular formula is C11H18IrO4. The van der Waals surface area contributed by atoms with E-state index in [0.717, 1.165) is 0 Å². The zero-order chi connectivity index (χ0) is 12.0. The van der Waals surface area contributed by atoms with Crippen molar-refractivity contribution in [2.24, 2.45) is 11.8 Å². The summed E-state index contributed by atoms with van der Waals surface area (Å²) < 4.78 is 0. The molecule has 1 radical (unpaired) electrons. The molecule has 0 spiro atoms. The van der Waals surface area contributed by atoms with E-state index in [4.69, 9.17) is 5.11 Å². The summed E-state index contributed by atoms with van der Waals surface area (Å²) in [4.78, 5) is 33.2. The maximum absolute atomic E-state index is 11.4. The molecule has 2 atom stereocenters. The van der Waals surface area contributed by atoms with Gasteiger partial charge in [0.1, 0.15) is 11.6 Å². The van der Waals surface area contributed by atoms with E-state index >= 15 is 0 Å². The number of ketones is 2. The van der Waals surface area contributed by atoms with Gasteiger partial charge < -0.3 is 5.11 Å². The van der Waals surface area contributed by atoms with Crippen LogP contribution in [0.15, 0.2) is 0 Å². The first-order chi connectivity index (χ1) is 6.88. The first kappa shape index (κ1) is 17.8. The summed E-state index contributed by atoms with van der Waals surface area (Å²) in [5.74, 6) is -2.07. The third kappa shape index (κ3) is 6.85. The summed E-state index contributed by atoms with van der Waals surface area (Å²) in [7, 11) is 0. The Bertz CT molecular complexity index is 263. The molecule has 0 fully saturated rings. The second kappa shape index (κ2) is 8.59. The Kier molecular flexibility index (Phi) is 9.58. The van der Waals surface area contributed by atoms with Crippen LogP contribution in [-0.4, -0.2) is 22.6 Å². The van der Waals surface area contributed by atoms with E-state index in [2.05, 4.69) is 0 Å². The number of carbonyl (C=O) groups is 3. The van der Waals surface area contributed by atoms with Crippen LogP contribution in [0.25, 0.3) is 0 Å². The van der Waals surface area contributed by atoms with Gasteiger partial charge in [-0.1, -0.05) is 20.8 Å². The van der Waals surface area contributed by atoms with Crippen molar-refractivity contribution in [1.82, 2.24) is 0 Å². The molecule has 0 rings (SSSR count). The summed E-state index contributed by atoms with van der Waals surface area (Å²) in [6, 6.07) is 0. The minimum absolute atomic E-state index is 0. The van der Waals surface area contributed by atoms with Crippen LogP contribution in [0.2, 0.25) is 0 Å². The number of Topliss-reactive ketones (excluding diaryl/α,β-unsaturated/α-hetero) is 2. The average Bonchev–Trinajstić information content (AvgIpc) is 2.15. The molecule has 0 saturated heterocycles. The molecule has 0 aromatic rings. The third-order valence-corrected chi connectivity index (χ3v) is 2.54. The van der Waals surface area contributed by atoms with Crippen molar-refractivity contribution in [2.75, 3.05) is 0 Å². The van der Waals surface area contributed by atoms with Crippen molar-refractivity contribution in [1.29, 1.82) is 0 Å². The number of hydrogen-bond acceptors (Lipinski definition) is 3. The second-order valence-corrected chi connectivity index (χ2v) is 3.92. The average molecular weight is 406 g/mol. The van der Waals surface area contributed by atoms with E-state index < -0.39 is 11.9 Å². The molecule has 0 bridgehead atoms. The number of carboxylic acids is 1. The van der Waals surface area contributed by atoms with Gasteiger partial charge in [0.15, 0.2) is 0 Å². The van der Waals surface area contributed by atoms with Gasteiger partial charge in [0.2, 0.25) is 0 Å². The summed E-state index contributed by atoms with van der Waals surface area (Å²) in [6.45, 7) is 5.20. The Morgan fingerprint density at radius 3 is 1.88 bits per heavy atom. The number of hydrogen-bond donors (Lipinski definition) is 1. The van der Waals surface area contributed by atoms with Crippen LogP contribution in [-0.2, 0) is 34.5 Å². The topological polar surface area (TPSA) is 71.4 Å². The Morgan fingerprint density at radius 2 is 1.50 bits per heavy atom. The maximum atomic E-state index is 11.4. The summed E-state index contributed by atoms with van der Waals surface area (Å²) in [5.41, 5.74) is 0. The fraction of sp³-hybridized carbons (Fsp3) is 0.727. The minimum Gasteiger partial charge on any atom is -0.481 e. The Balaban J connectivity index is 0. The molecule has 4 nitrogen and oxygen atoms in total. The van der Waals surface area contributed by atoms with Gasteiger partial charge in [0.05, 0.1) is 12.8 Å². The molecule has 0 aliphatic rings. The van der Waals surface area contributed by atoms with Crippen LogP contribution in [0.5, 0.6) is 0 Å². The van der Waals surface area contributed by atoms with Gasteiger partial charge in [-0.05, 0) is 6.42 Å². The standard InChI is InChI=1S/C11H18O4.Ir/c1-4-7(2)9(12)6-10(13)8(3)5-11(14)15;/h7-8H,4-6H2,1-3H3,(H,14,15);. The van der Waals surface area contributed by atoms with Crippen molar-refractivity contribution in [3.05, 3.63) is 0 Å². The van der Waals surface area contributed by atoms with Crippen molar-refractivity contribution in [3.8, 4) is 0 Å². The van der Waals surface area contributed by atoms with Gasteiger partial charge in [0.25, 0.3) is 0 Å². The Labute approximate surface area is 109 Å². The molecular weight excluding hydrogens is 388 g/mol. The molecule has 0 amide bonds. The molecule has 0 aromatic carbocycles. The van der Waals surface area contributed by atoms with Gasteiger partial charge in [-0.25, -0.2) is 0 Å².